The van der Waals surface area contributed by atoms with Gasteiger partial charge in [-0.15, -0.1) is 5.10 Å². The highest BCUT2D eigenvalue weighted by molar-refractivity contribution is 5.62. The van der Waals surface area contributed by atoms with Gasteiger partial charge in [0.15, 0.2) is 11.6 Å². The first-order valence-corrected chi connectivity index (χ1v) is 11.5. The standard InChI is InChI=1S/C23H29F2N9/c1-22(2)9-14(10-23(3,4)31-22)28-20-17(25)11-26-21(30-20)29-18-8-19(34-12-27-32-33-34)15(7-16(18)24)13-5-6-13/h7-8,11-14,31H,5-6,9-10H2,1-4H3,(H2,26,28,29,30). The van der Waals surface area contributed by atoms with E-state index in [9.17, 15) is 8.78 Å². The second kappa shape index (κ2) is 8.23. The molecule has 0 atom stereocenters. The minimum atomic E-state index is -0.557. The van der Waals surface area contributed by atoms with Crippen molar-refractivity contribution in [3.63, 3.8) is 0 Å². The lowest BCUT2D eigenvalue weighted by Gasteiger charge is -2.46. The molecule has 2 fully saturated rings. The number of aromatic nitrogens is 6. The van der Waals surface area contributed by atoms with Crippen LogP contribution in [-0.4, -0.2) is 47.3 Å². The van der Waals surface area contributed by atoms with Gasteiger partial charge in [0.25, 0.3) is 0 Å². The van der Waals surface area contributed by atoms with Gasteiger partial charge < -0.3 is 16.0 Å². The van der Waals surface area contributed by atoms with Gasteiger partial charge in [0, 0.05) is 17.1 Å². The molecule has 1 aliphatic carbocycles. The maximum absolute atomic E-state index is 15.0. The molecule has 0 radical (unpaired) electrons. The largest absolute Gasteiger partial charge is 0.365 e. The Balaban J connectivity index is 1.41. The van der Waals surface area contributed by atoms with Gasteiger partial charge in [0.2, 0.25) is 5.95 Å². The summed E-state index contributed by atoms with van der Waals surface area (Å²) in [6, 6.07) is 3.15. The summed E-state index contributed by atoms with van der Waals surface area (Å²) >= 11 is 0. The number of halogens is 2. The zero-order valence-electron chi connectivity index (χ0n) is 19.7. The minimum absolute atomic E-state index is 0.0180. The number of hydrogen-bond donors (Lipinski definition) is 3. The Morgan fingerprint density at radius 1 is 1.06 bits per heavy atom. The van der Waals surface area contributed by atoms with Gasteiger partial charge in [0.05, 0.1) is 17.6 Å². The van der Waals surface area contributed by atoms with Gasteiger partial charge in [0.1, 0.15) is 12.1 Å². The first kappa shape index (κ1) is 22.6. The third-order valence-electron chi connectivity index (χ3n) is 6.25. The van der Waals surface area contributed by atoms with Crippen molar-refractivity contribution in [1.82, 2.24) is 35.5 Å². The van der Waals surface area contributed by atoms with E-state index >= 15 is 0 Å². The quantitative estimate of drug-likeness (QED) is 0.496. The first-order chi connectivity index (χ1) is 16.1. The van der Waals surface area contributed by atoms with E-state index in [2.05, 4.69) is 69.1 Å². The van der Waals surface area contributed by atoms with E-state index in [0.29, 0.717) is 11.6 Å². The molecule has 3 N–H and O–H groups in total. The lowest BCUT2D eigenvalue weighted by Crippen LogP contribution is -2.60. The Bertz CT molecular complexity index is 1170. The molecule has 9 nitrogen and oxygen atoms in total. The van der Waals surface area contributed by atoms with Gasteiger partial charge in [-0.3, -0.25) is 0 Å². The Hall–Kier alpha value is -3.21. The zero-order valence-corrected chi connectivity index (χ0v) is 19.7. The van der Waals surface area contributed by atoms with Gasteiger partial charge in [-0.1, -0.05) is 0 Å². The lowest BCUT2D eigenvalue weighted by molar-refractivity contribution is 0.170. The predicted octanol–water partition coefficient (Wildman–Crippen LogP) is 4.07. The second-order valence-corrected chi connectivity index (χ2v) is 10.6. The summed E-state index contributed by atoms with van der Waals surface area (Å²) in [5.41, 5.74) is 1.49. The van der Waals surface area contributed by atoms with Crippen LogP contribution in [0.4, 0.5) is 26.2 Å². The summed E-state index contributed by atoms with van der Waals surface area (Å²) in [5, 5.41) is 21.1. The molecule has 0 amide bonds. The van der Waals surface area contributed by atoms with Crippen LogP contribution in [0.5, 0.6) is 0 Å². The molecule has 5 rings (SSSR count). The summed E-state index contributed by atoms with van der Waals surface area (Å²) in [6.07, 6.45) is 6.17. The third kappa shape index (κ3) is 4.84. The predicted molar refractivity (Wildman–Crippen MR) is 124 cm³/mol. The number of hydrogen-bond acceptors (Lipinski definition) is 8. The lowest BCUT2D eigenvalue weighted by atomic mass is 9.79. The second-order valence-electron chi connectivity index (χ2n) is 10.6. The Labute approximate surface area is 196 Å². The van der Waals surface area contributed by atoms with Crippen LogP contribution in [0.25, 0.3) is 5.69 Å². The van der Waals surface area contributed by atoms with Crippen LogP contribution in [0.3, 0.4) is 0 Å². The van der Waals surface area contributed by atoms with E-state index in [4.69, 9.17) is 0 Å². The van der Waals surface area contributed by atoms with E-state index in [1.807, 2.05) is 0 Å². The average molecular weight is 470 g/mol. The molecular weight excluding hydrogens is 440 g/mol. The van der Waals surface area contributed by atoms with Crippen molar-refractivity contribution < 1.29 is 8.78 Å². The maximum Gasteiger partial charge on any atom is 0.229 e. The van der Waals surface area contributed by atoms with E-state index in [-0.39, 0.29) is 34.6 Å². The van der Waals surface area contributed by atoms with Crippen LogP contribution < -0.4 is 16.0 Å². The van der Waals surface area contributed by atoms with Crippen molar-refractivity contribution in [2.24, 2.45) is 0 Å². The summed E-state index contributed by atoms with van der Waals surface area (Å²) in [5.74, 6) is -0.524. The average Bonchev–Trinajstić information content (AvgIpc) is 3.43. The molecule has 0 bridgehead atoms. The molecule has 3 heterocycles. The minimum Gasteiger partial charge on any atom is -0.365 e. The molecule has 2 aliphatic rings. The molecule has 11 heteroatoms. The van der Waals surface area contributed by atoms with E-state index in [1.54, 1.807) is 6.07 Å². The highest BCUT2D eigenvalue weighted by atomic mass is 19.1. The Kier molecular flexibility index (Phi) is 5.46. The topological polar surface area (TPSA) is 105 Å². The molecule has 180 valence electrons. The molecular formula is C23H29F2N9. The fraction of sp³-hybridized carbons (Fsp3) is 0.522. The van der Waals surface area contributed by atoms with Crippen LogP contribution in [0.2, 0.25) is 0 Å². The molecule has 34 heavy (non-hydrogen) atoms. The highest BCUT2D eigenvalue weighted by Gasteiger charge is 2.38. The summed E-state index contributed by atoms with van der Waals surface area (Å²) in [7, 11) is 0. The fourth-order valence-corrected chi connectivity index (χ4v) is 5.13. The van der Waals surface area contributed by atoms with Crippen LogP contribution >= 0.6 is 0 Å². The van der Waals surface area contributed by atoms with Gasteiger partial charge in [-0.2, -0.15) is 4.98 Å². The van der Waals surface area contributed by atoms with Gasteiger partial charge >= 0.3 is 0 Å². The maximum atomic E-state index is 15.0. The summed E-state index contributed by atoms with van der Waals surface area (Å²) < 4.78 is 31.1. The van der Waals surface area contributed by atoms with E-state index < -0.39 is 11.6 Å². The summed E-state index contributed by atoms with van der Waals surface area (Å²) in [4.78, 5) is 8.34. The van der Waals surface area contributed by atoms with Crippen molar-refractivity contribution in [2.45, 2.75) is 76.4 Å². The monoisotopic (exact) mass is 469 g/mol. The Morgan fingerprint density at radius 2 is 1.79 bits per heavy atom. The van der Waals surface area contributed by atoms with Crippen LogP contribution in [-0.2, 0) is 0 Å². The van der Waals surface area contributed by atoms with Crippen molar-refractivity contribution in [1.29, 1.82) is 0 Å². The molecule has 0 unspecified atom stereocenters. The van der Waals surface area contributed by atoms with Crippen molar-refractivity contribution in [3.8, 4) is 5.69 Å². The highest BCUT2D eigenvalue weighted by Crippen LogP contribution is 2.44. The van der Waals surface area contributed by atoms with Gasteiger partial charge in [-0.05, 0) is 87.4 Å². The van der Waals surface area contributed by atoms with E-state index in [1.165, 1.54) is 17.1 Å². The number of nitrogens with one attached hydrogen (secondary N) is 3. The fourth-order valence-electron chi connectivity index (χ4n) is 5.13. The normalized spacial score (nSPS) is 19.7. The first-order valence-electron chi connectivity index (χ1n) is 11.5. The van der Waals surface area contributed by atoms with E-state index in [0.717, 1.165) is 37.4 Å². The number of anilines is 3. The smallest absolute Gasteiger partial charge is 0.229 e. The molecule has 1 aliphatic heterocycles. The molecule has 1 saturated heterocycles. The summed E-state index contributed by atoms with van der Waals surface area (Å²) in [6.45, 7) is 8.51. The molecule has 0 spiro atoms. The number of tetrazole rings is 1. The number of nitrogens with zero attached hydrogens (tertiary/aromatic N) is 6. The van der Waals surface area contributed by atoms with Crippen LogP contribution in [0.1, 0.15) is 64.9 Å². The zero-order chi connectivity index (χ0) is 24.1. The van der Waals surface area contributed by atoms with Crippen LogP contribution in [0.15, 0.2) is 24.7 Å². The van der Waals surface area contributed by atoms with Gasteiger partial charge in [-0.25, -0.2) is 18.4 Å². The molecule has 2 aromatic heterocycles. The number of piperidine rings is 1. The van der Waals surface area contributed by atoms with Crippen molar-refractivity contribution in [2.75, 3.05) is 10.6 Å². The van der Waals surface area contributed by atoms with Crippen molar-refractivity contribution in [3.05, 3.63) is 41.9 Å². The molecule has 1 saturated carbocycles. The number of benzene rings is 1. The SMILES string of the molecule is CC1(C)CC(Nc2nc(Nc3cc(-n4cnnn4)c(C4CC4)cc3F)ncc2F)CC(C)(C)N1. The van der Waals surface area contributed by atoms with Crippen molar-refractivity contribution >= 4 is 17.5 Å². The molecule has 1 aromatic carbocycles. The third-order valence-corrected chi connectivity index (χ3v) is 6.25. The Morgan fingerprint density at radius 3 is 2.44 bits per heavy atom. The number of rotatable bonds is 6. The molecule has 3 aromatic rings. The van der Waals surface area contributed by atoms with Crippen LogP contribution in [0, 0.1) is 11.6 Å².